The Morgan fingerprint density at radius 3 is 2.79 bits per heavy atom. The fourth-order valence-electron chi connectivity index (χ4n) is 1.43. The molecule has 19 heavy (non-hydrogen) atoms. The number of nitrogens with one attached hydrogen (secondary N) is 1. The standard InChI is InChI=1S/C10H9N5O4/c1-14-5-7(4-12-14)13-9-8(15(18)19)2-6(3-11-9)10(16)17/h2-5H,1H3,(H,11,13)(H,16,17). The van der Waals surface area contributed by atoms with Crippen molar-refractivity contribution in [3.63, 3.8) is 0 Å². The summed E-state index contributed by atoms with van der Waals surface area (Å²) in [6.45, 7) is 0. The van der Waals surface area contributed by atoms with E-state index in [2.05, 4.69) is 15.4 Å². The summed E-state index contributed by atoms with van der Waals surface area (Å²) < 4.78 is 1.51. The maximum Gasteiger partial charge on any atom is 0.337 e. The van der Waals surface area contributed by atoms with Gasteiger partial charge in [-0.3, -0.25) is 14.8 Å². The lowest BCUT2D eigenvalue weighted by Crippen LogP contribution is -2.03. The normalized spacial score (nSPS) is 10.2. The first-order valence-corrected chi connectivity index (χ1v) is 5.11. The molecule has 0 spiro atoms. The number of hydrogen-bond donors (Lipinski definition) is 2. The highest BCUT2D eigenvalue weighted by atomic mass is 16.6. The van der Waals surface area contributed by atoms with Gasteiger partial charge in [0.25, 0.3) is 0 Å². The topological polar surface area (TPSA) is 123 Å². The van der Waals surface area contributed by atoms with Gasteiger partial charge in [-0.25, -0.2) is 9.78 Å². The van der Waals surface area contributed by atoms with Crippen LogP contribution in [0.1, 0.15) is 10.4 Å². The molecule has 2 rings (SSSR count). The number of aryl methyl sites for hydroxylation is 1. The molecule has 2 aromatic rings. The molecular weight excluding hydrogens is 254 g/mol. The summed E-state index contributed by atoms with van der Waals surface area (Å²) in [6, 6.07) is 0.952. The summed E-state index contributed by atoms with van der Waals surface area (Å²) in [6.07, 6.45) is 4.13. The molecule has 2 aromatic heterocycles. The van der Waals surface area contributed by atoms with Crippen molar-refractivity contribution in [1.29, 1.82) is 0 Å². The maximum atomic E-state index is 10.9. The van der Waals surface area contributed by atoms with Gasteiger partial charge in [0.05, 0.1) is 22.4 Å². The van der Waals surface area contributed by atoms with Gasteiger partial charge >= 0.3 is 11.7 Å². The first kappa shape index (κ1) is 12.5. The monoisotopic (exact) mass is 263 g/mol. The van der Waals surface area contributed by atoms with E-state index in [1.807, 2.05) is 0 Å². The number of nitro groups is 1. The minimum atomic E-state index is -1.27. The third-order valence-corrected chi connectivity index (χ3v) is 2.28. The largest absolute Gasteiger partial charge is 0.478 e. The molecule has 0 fully saturated rings. The van der Waals surface area contributed by atoms with E-state index in [4.69, 9.17) is 5.11 Å². The zero-order valence-corrected chi connectivity index (χ0v) is 9.77. The van der Waals surface area contributed by atoms with Crippen LogP contribution in [0.2, 0.25) is 0 Å². The van der Waals surface area contributed by atoms with Gasteiger partial charge in [-0.1, -0.05) is 0 Å². The molecule has 0 aromatic carbocycles. The molecule has 2 N–H and O–H groups in total. The van der Waals surface area contributed by atoms with E-state index in [1.54, 1.807) is 13.2 Å². The number of carboxylic acid groups (broad SMARTS) is 1. The summed E-state index contributed by atoms with van der Waals surface area (Å²) in [7, 11) is 1.69. The number of rotatable bonds is 4. The van der Waals surface area contributed by atoms with E-state index in [-0.39, 0.29) is 11.4 Å². The lowest BCUT2D eigenvalue weighted by Gasteiger charge is -2.04. The molecule has 0 aliphatic carbocycles. The average molecular weight is 263 g/mol. The van der Waals surface area contributed by atoms with Crippen molar-refractivity contribution in [2.45, 2.75) is 0 Å². The molecule has 0 bridgehead atoms. The summed E-state index contributed by atoms with van der Waals surface area (Å²) in [5.74, 6) is -1.31. The van der Waals surface area contributed by atoms with Gasteiger partial charge in [0.15, 0.2) is 0 Å². The van der Waals surface area contributed by atoms with E-state index in [0.29, 0.717) is 5.69 Å². The van der Waals surface area contributed by atoms with Crippen LogP contribution in [0.15, 0.2) is 24.7 Å². The Morgan fingerprint density at radius 1 is 1.53 bits per heavy atom. The average Bonchev–Trinajstić information content (AvgIpc) is 2.74. The second kappa shape index (κ2) is 4.72. The second-order valence-corrected chi connectivity index (χ2v) is 3.68. The first-order chi connectivity index (χ1) is 8.97. The quantitative estimate of drug-likeness (QED) is 0.626. The number of aromatic nitrogens is 3. The fraction of sp³-hybridized carbons (Fsp3) is 0.100. The minimum absolute atomic E-state index is 0.0389. The van der Waals surface area contributed by atoms with Gasteiger partial charge in [-0.15, -0.1) is 0 Å². The number of carbonyl (C=O) groups is 1. The van der Waals surface area contributed by atoms with Gasteiger partial charge < -0.3 is 10.4 Å². The number of anilines is 2. The van der Waals surface area contributed by atoms with Crippen LogP contribution in [0, 0.1) is 10.1 Å². The third kappa shape index (κ3) is 2.65. The van der Waals surface area contributed by atoms with Crippen LogP contribution in [0.4, 0.5) is 17.2 Å². The van der Waals surface area contributed by atoms with Crippen LogP contribution >= 0.6 is 0 Å². The molecular formula is C10H9N5O4. The van der Waals surface area contributed by atoms with E-state index in [9.17, 15) is 14.9 Å². The Labute approximate surface area is 106 Å². The van der Waals surface area contributed by atoms with Crippen LogP contribution in [0.3, 0.4) is 0 Å². The molecule has 98 valence electrons. The predicted octanol–water partition coefficient (Wildman–Crippen LogP) is 1.17. The lowest BCUT2D eigenvalue weighted by atomic mass is 10.2. The van der Waals surface area contributed by atoms with Gasteiger partial charge in [0.2, 0.25) is 5.82 Å². The van der Waals surface area contributed by atoms with Gasteiger partial charge in [-0.2, -0.15) is 5.10 Å². The Balaban J connectivity index is 2.39. The molecule has 0 saturated carbocycles. The number of hydrogen-bond acceptors (Lipinski definition) is 6. The number of pyridine rings is 1. The van der Waals surface area contributed by atoms with E-state index < -0.39 is 16.6 Å². The molecule has 9 heteroatoms. The number of nitrogens with zero attached hydrogens (tertiary/aromatic N) is 4. The van der Waals surface area contributed by atoms with Crippen molar-refractivity contribution in [2.75, 3.05) is 5.32 Å². The molecule has 0 amide bonds. The zero-order valence-electron chi connectivity index (χ0n) is 9.77. The summed E-state index contributed by atoms with van der Waals surface area (Å²) in [5.41, 5.74) is -0.145. The van der Waals surface area contributed by atoms with E-state index in [0.717, 1.165) is 12.3 Å². The van der Waals surface area contributed by atoms with E-state index in [1.165, 1.54) is 10.9 Å². The molecule has 0 aliphatic heterocycles. The van der Waals surface area contributed by atoms with Crippen molar-refractivity contribution in [2.24, 2.45) is 7.05 Å². The molecule has 2 heterocycles. The smallest absolute Gasteiger partial charge is 0.337 e. The Kier molecular flexibility index (Phi) is 3.10. The molecule has 0 unspecified atom stereocenters. The highest BCUT2D eigenvalue weighted by Gasteiger charge is 2.19. The summed E-state index contributed by atoms with van der Waals surface area (Å²) in [4.78, 5) is 24.7. The highest BCUT2D eigenvalue weighted by Crippen LogP contribution is 2.25. The number of aromatic carboxylic acids is 1. The molecule has 0 radical (unpaired) electrons. The van der Waals surface area contributed by atoms with E-state index >= 15 is 0 Å². The van der Waals surface area contributed by atoms with Crippen molar-refractivity contribution < 1.29 is 14.8 Å². The van der Waals surface area contributed by atoms with Crippen molar-refractivity contribution in [3.8, 4) is 0 Å². The van der Waals surface area contributed by atoms with Crippen LogP contribution in [0.5, 0.6) is 0 Å². The zero-order chi connectivity index (χ0) is 14.0. The van der Waals surface area contributed by atoms with Gasteiger partial charge in [0, 0.05) is 25.5 Å². The van der Waals surface area contributed by atoms with Crippen LogP contribution in [-0.2, 0) is 7.05 Å². The summed E-state index contributed by atoms with van der Waals surface area (Å²) >= 11 is 0. The van der Waals surface area contributed by atoms with Gasteiger partial charge in [0.1, 0.15) is 0 Å². The molecule has 0 saturated heterocycles. The maximum absolute atomic E-state index is 10.9. The van der Waals surface area contributed by atoms with Crippen LogP contribution in [0.25, 0.3) is 0 Å². The lowest BCUT2D eigenvalue weighted by molar-refractivity contribution is -0.384. The Morgan fingerprint density at radius 2 is 2.26 bits per heavy atom. The summed E-state index contributed by atoms with van der Waals surface area (Å²) in [5, 5.41) is 26.3. The first-order valence-electron chi connectivity index (χ1n) is 5.11. The van der Waals surface area contributed by atoms with Crippen molar-refractivity contribution >= 4 is 23.2 Å². The third-order valence-electron chi connectivity index (χ3n) is 2.28. The second-order valence-electron chi connectivity index (χ2n) is 3.68. The van der Waals surface area contributed by atoms with Gasteiger partial charge in [-0.05, 0) is 0 Å². The minimum Gasteiger partial charge on any atom is -0.478 e. The number of carboxylic acids is 1. The predicted molar refractivity (Wildman–Crippen MR) is 64.3 cm³/mol. The molecule has 0 atom stereocenters. The van der Waals surface area contributed by atoms with Crippen molar-refractivity contribution in [1.82, 2.24) is 14.8 Å². The SMILES string of the molecule is Cn1cc(Nc2ncc(C(=O)O)cc2[N+](=O)[O-])cn1. The van der Waals surface area contributed by atoms with Crippen LogP contribution < -0.4 is 5.32 Å². The van der Waals surface area contributed by atoms with Crippen molar-refractivity contribution in [3.05, 3.63) is 40.3 Å². The highest BCUT2D eigenvalue weighted by molar-refractivity contribution is 5.89. The molecule has 0 aliphatic rings. The van der Waals surface area contributed by atoms with Crippen LogP contribution in [-0.4, -0.2) is 30.8 Å². The Bertz CT molecular complexity index is 651. The Hall–Kier alpha value is -2.97. The molecule has 9 nitrogen and oxygen atoms in total. The fourth-order valence-corrected chi connectivity index (χ4v) is 1.43.